The minimum Gasteiger partial charge on any atom is -0.482 e. The summed E-state index contributed by atoms with van der Waals surface area (Å²) in [5.41, 5.74) is 1.39. The van der Waals surface area contributed by atoms with E-state index in [-0.39, 0.29) is 4.32 Å². The van der Waals surface area contributed by atoms with E-state index in [9.17, 15) is 14.4 Å². The molecule has 2 N–H and O–H groups in total. The van der Waals surface area contributed by atoms with Gasteiger partial charge in [0, 0.05) is 0 Å². The Bertz CT molecular complexity index is 741. The lowest BCUT2D eigenvalue weighted by Gasteiger charge is -2.11. The molecule has 0 saturated carbocycles. The van der Waals surface area contributed by atoms with Gasteiger partial charge in [-0.25, -0.2) is 4.79 Å². The summed E-state index contributed by atoms with van der Waals surface area (Å²) < 4.78 is 5.25. The highest BCUT2D eigenvalue weighted by Crippen LogP contribution is 2.36. The number of carbonyl (C=O) groups is 3. The van der Waals surface area contributed by atoms with Gasteiger partial charge in [0.2, 0.25) is 0 Å². The van der Waals surface area contributed by atoms with Crippen molar-refractivity contribution >= 4 is 51.7 Å². The largest absolute Gasteiger partial charge is 0.482 e. The fourth-order valence-electron chi connectivity index (χ4n) is 1.98. The lowest BCUT2D eigenvalue weighted by atomic mass is 10.1. The Morgan fingerprint density at radius 3 is 2.38 bits per heavy atom. The van der Waals surface area contributed by atoms with Crippen molar-refractivity contribution in [1.82, 2.24) is 4.90 Å². The predicted octanol–water partition coefficient (Wildman–Crippen LogP) is 1.83. The quantitative estimate of drug-likeness (QED) is 0.580. The number of aliphatic carboxylic acids is 2. The van der Waals surface area contributed by atoms with Crippen LogP contribution in [0.1, 0.15) is 12.5 Å². The number of hydrogen-bond donors (Lipinski definition) is 2. The number of amides is 1. The van der Waals surface area contributed by atoms with Crippen LogP contribution >= 0.6 is 24.0 Å². The van der Waals surface area contributed by atoms with E-state index in [1.165, 1.54) is 0 Å². The molecule has 7 nitrogen and oxygen atoms in total. The highest BCUT2D eigenvalue weighted by atomic mass is 32.2. The Morgan fingerprint density at radius 1 is 1.21 bits per heavy atom. The Labute approximate surface area is 146 Å². The van der Waals surface area contributed by atoms with E-state index in [1.807, 2.05) is 0 Å². The topological polar surface area (TPSA) is 104 Å². The first-order chi connectivity index (χ1) is 11.3. The van der Waals surface area contributed by atoms with Crippen LogP contribution in [0.15, 0.2) is 29.2 Å². The standard InChI is InChI=1S/C15H13NO6S2/c1-8(9-2-4-10(5-3-9)22-7-12(19)20)13-14(21)16(6-11(17)18)15(23)24-13/h2-5H,6-7H2,1H3,(H,17,18)(H,19,20)/b13-8+. The number of hydrogen-bond acceptors (Lipinski definition) is 6. The Hall–Kier alpha value is -2.39. The molecule has 24 heavy (non-hydrogen) atoms. The number of allylic oxidation sites excluding steroid dienone is 1. The monoisotopic (exact) mass is 367 g/mol. The third-order valence-corrected chi connectivity index (χ3v) is 4.68. The molecular weight excluding hydrogens is 354 g/mol. The van der Waals surface area contributed by atoms with E-state index >= 15 is 0 Å². The molecule has 2 rings (SSSR count). The van der Waals surface area contributed by atoms with Gasteiger partial charge in [0.05, 0.1) is 4.91 Å². The number of thioether (sulfide) groups is 1. The normalized spacial score (nSPS) is 16.3. The summed E-state index contributed by atoms with van der Waals surface area (Å²) in [5, 5.41) is 17.4. The molecule has 0 aromatic heterocycles. The lowest BCUT2D eigenvalue weighted by Crippen LogP contribution is -2.33. The number of nitrogens with zero attached hydrogens (tertiary/aromatic N) is 1. The van der Waals surface area contributed by atoms with Crippen LogP contribution in [0.4, 0.5) is 0 Å². The first-order valence-corrected chi connectivity index (χ1v) is 7.93. The molecule has 1 aliphatic rings. The predicted molar refractivity (Wildman–Crippen MR) is 91.7 cm³/mol. The van der Waals surface area contributed by atoms with E-state index in [4.69, 9.17) is 27.2 Å². The molecule has 1 amide bonds. The zero-order valence-corrected chi connectivity index (χ0v) is 14.1. The Balaban J connectivity index is 2.20. The lowest BCUT2D eigenvalue weighted by molar-refractivity contribution is -0.140. The first-order valence-electron chi connectivity index (χ1n) is 6.71. The van der Waals surface area contributed by atoms with Crippen molar-refractivity contribution < 1.29 is 29.3 Å². The van der Waals surface area contributed by atoms with Gasteiger partial charge >= 0.3 is 11.9 Å². The maximum Gasteiger partial charge on any atom is 0.341 e. The van der Waals surface area contributed by atoms with Crippen LogP contribution in [0, 0.1) is 0 Å². The number of carboxylic acid groups (broad SMARTS) is 2. The molecular formula is C15H13NO6S2. The SMILES string of the molecule is C/C(=C1\SC(=S)N(CC(=O)O)C1=O)c1ccc(OCC(=O)O)cc1. The van der Waals surface area contributed by atoms with Gasteiger partial charge in [-0.05, 0) is 30.2 Å². The molecule has 1 saturated heterocycles. The van der Waals surface area contributed by atoms with Crippen molar-refractivity contribution in [3.63, 3.8) is 0 Å². The number of thiocarbonyl (C=S) groups is 1. The van der Waals surface area contributed by atoms with E-state index in [0.29, 0.717) is 16.2 Å². The highest BCUT2D eigenvalue weighted by Gasteiger charge is 2.34. The zero-order valence-electron chi connectivity index (χ0n) is 12.5. The molecule has 0 unspecified atom stereocenters. The molecule has 126 valence electrons. The van der Waals surface area contributed by atoms with Crippen molar-refractivity contribution in [2.75, 3.05) is 13.2 Å². The third-order valence-electron chi connectivity index (χ3n) is 3.13. The molecule has 0 spiro atoms. The number of benzene rings is 1. The first kappa shape index (κ1) is 18.0. The maximum absolute atomic E-state index is 12.3. The minimum atomic E-state index is -1.13. The van der Waals surface area contributed by atoms with Gasteiger partial charge in [0.25, 0.3) is 5.91 Å². The molecule has 0 bridgehead atoms. The van der Waals surface area contributed by atoms with Crippen molar-refractivity contribution in [3.05, 3.63) is 34.7 Å². The van der Waals surface area contributed by atoms with Gasteiger partial charge in [-0.2, -0.15) is 0 Å². The smallest absolute Gasteiger partial charge is 0.341 e. The number of ether oxygens (including phenoxy) is 1. The summed E-state index contributed by atoms with van der Waals surface area (Å²) in [6.07, 6.45) is 0. The van der Waals surface area contributed by atoms with Gasteiger partial charge in [0.1, 0.15) is 16.6 Å². The summed E-state index contributed by atoms with van der Waals surface area (Å²) in [4.78, 5) is 35.0. The molecule has 1 aromatic rings. The van der Waals surface area contributed by atoms with Crippen LogP contribution in [0.5, 0.6) is 5.75 Å². The van der Waals surface area contributed by atoms with Crippen molar-refractivity contribution in [1.29, 1.82) is 0 Å². The van der Waals surface area contributed by atoms with Crippen LogP contribution in [-0.2, 0) is 14.4 Å². The summed E-state index contributed by atoms with van der Waals surface area (Å²) >= 11 is 6.12. The fraction of sp³-hybridized carbons (Fsp3) is 0.200. The van der Waals surface area contributed by atoms with Crippen LogP contribution in [0.25, 0.3) is 5.57 Å². The van der Waals surface area contributed by atoms with Gasteiger partial charge in [-0.3, -0.25) is 14.5 Å². The molecule has 0 atom stereocenters. The molecule has 9 heteroatoms. The average molecular weight is 367 g/mol. The van der Waals surface area contributed by atoms with Crippen molar-refractivity contribution in [3.8, 4) is 5.75 Å². The number of rotatable bonds is 6. The van der Waals surface area contributed by atoms with E-state index in [0.717, 1.165) is 22.2 Å². The second-order valence-electron chi connectivity index (χ2n) is 4.81. The summed E-state index contributed by atoms with van der Waals surface area (Å²) in [5.74, 6) is -2.24. The third kappa shape index (κ3) is 4.12. The summed E-state index contributed by atoms with van der Waals surface area (Å²) in [6.45, 7) is 0.829. The van der Waals surface area contributed by atoms with Crippen LogP contribution in [-0.4, -0.2) is 50.4 Å². The Kier molecular flexibility index (Phi) is 5.58. The number of carbonyl (C=O) groups excluding carboxylic acids is 1. The zero-order chi connectivity index (χ0) is 17.9. The molecule has 1 fully saturated rings. The van der Waals surface area contributed by atoms with Gasteiger partial charge in [-0.1, -0.05) is 36.1 Å². The van der Waals surface area contributed by atoms with Crippen LogP contribution < -0.4 is 4.74 Å². The molecule has 1 heterocycles. The van der Waals surface area contributed by atoms with Gasteiger partial charge in [-0.15, -0.1) is 0 Å². The summed E-state index contributed by atoms with van der Waals surface area (Å²) in [7, 11) is 0. The molecule has 0 aliphatic carbocycles. The molecule has 1 aliphatic heterocycles. The van der Waals surface area contributed by atoms with Crippen LogP contribution in [0.3, 0.4) is 0 Å². The maximum atomic E-state index is 12.3. The minimum absolute atomic E-state index is 0.207. The Morgan fingerprint density at radius 2 is 1.83 bits per heavy atom. The second kappa shape index (κ2) is 7.45. The van der Waals surface area contributed by atoms with Crippen molar-refractivity contribution in [2.24, 2.45) is 0 Å². The van der Waals surface area contributed by atoms with Gasteiger partial charge in [0.15, 0.2) is 6.61 Å². The molecule has 0 radical (unpaired) electrons. The van der Waals surface area contributed by atoms with Crippen LogP contribution in [0.2, 0.25) is 0 Å². The van der Waals surface area contributed by atoms with E-state index < -0.39 is 31.0 Å². The molecule has 1 aromatic carbocycles. The van der Waals surface area contributed by atoms with Gasteiger partial charge < -0.3 is 14.9 Å². The van der Waals surface area contributed by atoms with Crippen molar-refractivity contribution in [2.45, 2.75) is 6.92 Å². The fourth-order valence-corrected chi connectivity index (χ4v) is 3.28. The number of carboxylic acids is 2. The average Bonchev–Trinajstić information content (AvgIpc) is 2.80. The second-order valence-corrected chi connectivity index (χ2v) is 6.46. The summed E-state index contributed by atoms with van der Waals surface area (Å²) in [6, 6.07) is 6.58. The van der Waals surface area contributed by atoms with E-state index in [2.05, 4.69) is 0 Å². The van der Waals surface area contributed by atoms with E-state index in [1.54, 1.807) is 31.2 Å². The highest BCUT2D eigenvalue weighted by molar-refractivity contribution is 8.26.